The number of likely N-dealkylation sites (tertiary alicyclic amines) is 1. The van der Waals surface area contributed by atoms with Gasteiger partial charge in [-0.15, -0.1) is 0 Å². The van der Waals surface area contributed by atoms with Crippen molar-refractivity contribution < 1.29 is 9.21 Å². The Morgan fingerprint density at radius 2 is 2.44 bits per heavy atom. The van der Waals surface area contributed by atoms with Crippen LogP contribution in [-0.4, -0.2) is 23.9 Å². The fraction of sp³-hybridized carbons (Fsp3) is 0.615. The van der Waals surface area contributed by atoms with Crippen molar-refractivity contribution >= 4 is 5.91 Å². The van der Waals surface area contributed by atoms with Crippen LogP contribution >= 0.6 is 0 Å². The number of nitrogens with zero attached hydrogens (tertiary/aromatic N) is 1. The van der Waals surface area contributed by atoms with E-state index in [9.17, 15) is 4.79 Å². The molecule has 0 aromatic carbocycles. The molecule has 1 aliphatic rings. The van der Waals surface area contributed by atoms with Gasteiger partial charge in [0.05, 0.1) is 6.54 Å². The molecule has 1 unspecified atom stereocenters. The number of nitrogens with one attached hydrogen (secondary N) is 1. The van der Waals surface area contributed by atoms with E-state index in [1.807, 2.05) is 13.0 Å². The number of furan rings is 1. The molecule has 1 aromatic heterocycles. The Morgan fingerprint density at radius 3 is 3.06 bits per heavy atom. The summed E-state index contributed by atoms with van der Waals surface area (Å²) >= 11 is 0. The molecule has 1 atom stereocenters. The zero-order valence-corrected chi connectivity index (χ0v) is 11.0. The Bertz CT molecular complexity index is 428. The number of hydrogen-bond donors (Lipinski definition) is 2. The van der Waals surface area contributed by atoms with Crippen molar-refractivity contribution in [1.82, 2.24) is 10.3 Å². The quantitative estimate of drug-likeness (QED) is 0.482. The lowest BCUT2D eigenvalue weighted by Gasteiger charge is -2.13. The van der Waals surface area contributed by atoms with Crippen molar-refractivity contribution in [2.24, 2.45) is 11.8 Å². The highest BCUT2D eigenvalue weighted by molar-refractivity contribution is 5.92. The maximum Gasteiger partial charge on any atom is 0.301 e. The number of nitrogen functional groups attached to an aromatic ring is 1. The van der Waals surface area contributed by atoms with Gasteiger partial charge in [0, 0.05) is 12.1 Å². The molecule has 18 heavy (non-hydrogen) atoms. The van der Waals surface area contributed by atoms with Gasteiger partial charge in [0.25, 0.3) is 0 Å². The molecule has 2 rings (SSSR count). The van der Waals surface area contributed by atoms with E-state index >= 15 is 0 Å². The van der Waals surface area contributed by atoms with E-state index in [1.54, 1.807) is 0 Å². The van der Waals surface area contributed by atoms with Crippen LogP contribution < -0.4 is 11.3 Å². The molecule has 2 heterocycles. The minimum absolute atomic E-state index is 0.318. The van der Waals surface area contributed by atoms with Gasteiger partial charge in [0.2, 0.25) is 0 Å². The van der Waals surface area contributed by atoms with Crippen molar-refractivity contribution in [2.45, 2.75) is 33.2 Å². The van der Waals surface area contributed by atoms with Crippen molar-refractivity contribution in [3.63, 3.8) is 0 Å². The largest absolute Gasteiger partial charge is 0.454 e. The number of carbonyl (C=O) groups is 1. The Morgan fingerprint density at radius 1 is 1.67 bits per heavy atom. The topological polar surface area (TPSA) is 71.5 Å². The number of amides is 1. The molecule has 5 heteroatoms. The first kappa shape index (κ1) is 13.1. The summed E-state index contributed by atoms with van der Waals surface area (Å²) < 4.78 is 5.56. The van der Waals surface area contributed by atoms with Gasteiger partial charge in [-0.2, -0.15) is 0 Å². The third-order valence-electron chi connectivity index (χ3n) is 3.63. The minimum atomic E-state index is -0.369. The van der Waals surface area contributed by atoms with Crippen LogP contribution in [0.3, 0.4) is 0 Å². The lowest BCUT2D eigenvalue weighted by Crippen LogP contribution is -2.30. The summed E-state index contributed by atoms with van der Waals surface area (Å²) in [5, 5.41) is 0. The molecule has 0 aliphatic carbocycles. The monoisotopic (exact) mass is 251 g/mol. The molecule has 1 saturated heterocycles. The normalized spacial score (nSPS) is 20.3. The first-order valence-corrected chi connectivity index (χ1v) is 6.46. The van der Waals surface area contributed by atoms with Crippen LogP contribution in [0.2, 0.25) is 0 Å². The van der Waals surface area contributed by atoms with Crippen LogP contribution in [0.4, 0.5) is 0 Å². The first-order valence-electron chi connectivity index (χ1n) is 6.46. The summed E-state index contributed by atoms with van der Waals surface area (Å²) in [6, 6.07) is 1.92. The molecule has 0 bridgehead atoms. The molecule has 3 N–H and O–H groups in total. The predicted octanol–water partition coefficient (Wildman–Crippen LogP) is 1.42. The summed E-state index contributed by atoms with van der Waals surface area (Å²) in [4.78, 5) is 13.8. The molecule has 1 aromatic rings. The van der Waals surface area contributed by atoms with Crippen LogP contribution in [-0.2, 0) is 6.54 Å². The van der Waals surface area contributed by atoms with E-state index in [1.165, 1.54) is 12.8 Å². The van der Waals surface area contributed by atoms with Gasteiger partial charge in [-0.05, 0) is 31.9 Å². The second kappa shape index (κ2) is 5.54. The number of hydrazine groups is 1. The van der Waals surface area contributed by atoms with Crippen LogP contribution in [0.5, 0.6) is 0 Å². The summed E-state index contributed by atoms with van der Waals surface area (Å²) in [6.07, 6.45) is 2.49. The Kier molecular flexibility index (Phi) is 4.04. The van der Waals surface area contributed by atoms with Gasteiger partial charge < -0.3 is 4.42 Å². The summed E-state index contributed by atoms with van der Waals surface area (Å²) in [5.41, 5.74) is 2.93. The summed E-state index contributed by atoms with van der Waals surface area (Å²) in [7, 11) is 0. The SMILES string of the molecule is CCC1CCN(Cc2cc(C)c(C(=O)NN)o2)C1. The molecule has 100 valence electrons. The zero-order valence-electron chi connectivity index (χ0n) is 11.0. The van der Waals surface area contributed by atoms with Crippen molar-refractivity contribution in [2.75, 3.05) is 13.1 Å². The van der Waals surface area contributed by atoms with Crippen molar-refractivity contribution in [3.05, 3.63) is 23.2 Å². The van der Waals surface area contributed by atoms with E-state index < -0.39 is 0 Å². The van der Waals surface area contributed by atoms with Crippen LogP contribution in [0.25, 0.3) is 0 Å². The number of rotatable bonds is 4. The average molecular weight is 251 g/mol. The maximum absolute atomic E-state index is 11.4. The third kappa shape index (κ3) is 2.73. The molecule has 0 saturated carbocycles. The number of nitrogens with two attached hydrogens (primary N) is 1. The standard InChI is InChI=1S/C13H21N3O2/c1-3-10-4-5-16(7-10)8-11-6-9(2)12(18-11)13(17)15-14/h6,10H,3-5,7-8,14H2,1-2H3,(H,15,17). The lowest BCUT2D eigenvalue weighted by atomic mass is 10.1. The molecule has 0 radical (unpaired) electrons. The highest BCUT2D eigenvalue weighted by atomic mass is 16.4. The fourth-order valence-corrected chi connectivity index (χ4v) is 2.53. The van der Waals surface area contributed by atoms with Crippen LogP contribution in [0.1, 0.15) is 41.6 Å². The Labute approximate surface area is 107 Å². The second-order valence-corrected chi connectivity index (χ2v) is 5.00. The molecular formula is C13H21N3O2. The van der Waals surface area contributed by atoms with Gasteiger partial charge in [0.1, 0.15) is 5.76 Å². The van der Waals surface area contributed by atoms with Gasteiger partial charge >= 0.3 is 5.91 Å². The second-order valence-electron chi connectivity index (χ2n) is 5.00. The summed E-state index contributed by atoms with van der Waals surface area (Å²) in [5.74, 6) is 6.70. The van der Waals surface area contributed by atoms with Gasteiger partial charge in [-0.25, -0.2) is 5.84 Å². The zero-order chi connectivity index (χ0) is 13.1. The minimum Gasteiger partial charge on any atom is -0.454 e. The molecular weight excluding hydrogens is 230 g/mol. The number of hydrogen-bond acceptors (Lipinski definition) is 4. The lowest BCUT2D eigenvalue weighted by molar-refractivity contribution is 0.0921. The van der Waals surface area contributed by atoms with Crippen molar-refractivity contribution in [3.8, 4) is 0 Å². The van der Waals surface area contributed by atoms with Gasteiger partial charge in [0.15, 0.2) is 5.76 Å². The highest BCUT2D eigenvalue weighted by Gasteiger charge is 2.23. The molecule has 1 fully saturated rings. The van der Waals surface area contributed by atoms with E-state index in [0.29, 0.717) is 5.76 Å². The van der Waals surface area contributed by atoms with E-state index in [4.69, 9.17) is 10.3 Å². The maximum atomic E-state index is 11.4. The highest BCUT2D eigenvalue weighted by Crippen LogP contribution is 2.23. The Hall–Kier alpha value is -1.33. The van der Waals surface area contributed by atoms with Crippen LogP contribution in [0, 0.1) is 12.8 Å². The fourth-order valence-electron chi connectivity index (χ4n) is 2.53. The van der Waals surface area contributed by atoms with E-state index in [2.05, 4.69) is 17.2 Å². The number of aryl methyl sites for hydroxylation is 1. The Balaban J connectivity index is 2.00. The number of carbonyl (C=O) groups excluding carboxylic acids is 1. The summed E-state index contributed by atoms with van der Waals surface area (Å²) in [6.45, 7) is 7.09. The molecule has 1 aliphatic heterocycles. The van der Waals surface area contributed by atoms with E-state index in [0.717, 1.165) is 36.9 Å². The first-order chi connectivity index (χ1) is 8.63. The average Bonchev–Trinajstić information content (AvgIpc) is 2.95. The van der Waals surface area contributed by atoms with Crippen molar-refractivity contribution in [1.29, 1.82) is 0 Å². The third-order valence-corrected chi connectivity index (χ3v) is 3.63. The molecule has 1 amide bonds. The van der Waals surface area contributed by atoms with Crippen LogP contribution in [0.15, 0.2) is 10.5 Å². The molecule has 0 spiro atoms. The smallest absolute Gasteiger partial charge is 0.301 e. The van der Waals surface area contributed by atoms with E-state index in [-0.39, 0.29) is 5.91 Å². The predicted molar refractivity (Wildman–Crippen MR) is 68.8 cm³/mol. The van der Waals surface area contributed by atoms with Gasteiger partial charge in [-0.1, -0.05) is 13.3 Å². The van der Waals surface area contributed by atoms with Gasteiger partial charge in [-0.3, -0.25) is 15.1 Å². The molecule has 5 nitrogen and oxygen atoms in total.